The molecule has 0 saturated carbocycles. The van der Waals surface area contributed by atoms with E-state index in [1.165, 1.54) is 51.6 Å². The number of hydrogen-bond donors (Lipinski definition) is 1. The second-order valence-electron chi connectivity index (χ2n) is 6.88. The highest BCUT2D eigenvalue weighted by Crippen LogP contribution is 2.47. The molecular weight excluding hydrogens is 222 g/mol. The van der Waals surface area contributed by atoms with E-state index in [0.717, 1.165) is 18.4 Å². The number of ether oxygens (including phenoxy) is 1. The van der Waals surface area contributed by atoms with Gasteiger partial charge in [-0.3, -0.25) is 0 Å². The Balaban J connectivity index is 2.04. The fourth-order valence-electron chi connectivity index (χ4n) is 4.09. The molecule has 0 aromatic carbocycles. The van der Waals surface area contributed by atoms with E-state index in [-0.39, 0.29) is 0 Å². The lowest BCUT2D eigenvalue weighted by Crippen LogP contribution is -2.50. The number of rotatable bonds is 4. The van der Waals surface area contributed by atoms with Crippen molar-refractivity contribution in [3.8, 4) is 0 Å². The summed E-state index contributed by atoms with van der Waals surface area (Å²) >= 11 is 0. The molecule has 1 spiro atoms. The van der Waals surface area contributed by atoms with Gasteiger partial charge < -0.3 is 10.1 Å². The summed E-state index contributed by atoms with van der Waals surface area (Å²) in [5.74, 6) is 1.69. The van der Waals surface area contributed by atoms with Gasteiger partial charge in [0, 0.05) is 6.61 Å². The van der Waals surface area contributed by atoms with Gasteiger partial charge in [-0.1, -0.05) is 27.2 Å². The van der Waals surface area contributed by atoms with Gasteiger partial charge in [0.05, 0.1) is 6.10 Å². The van der Waals surface area contributed by atoms with Crippen molar-refractivity contribution in [1.29, 1.82) is 0 Å². The van der Waals surface area contributed by atoms with Crippen LogP contribution in [0.5, 0.6) is 0 Å². The maximum Gasteiger partial charge on any atom is 0.0580 e. The second kappa shape index (κ2) is 6.38. The van der Waals surface area contributed by atoms with Crippen molar-refractivity contribution in [2.75, 3.05) is 19.7 Å². The first-order valence-corrected chi connectivity index (χ1v) is 7.98. The van der Waals surface area contributed by atoms with Crippen molar-refractivity contribution in [1.82, 2.24) is 5.32 Å². The molecule has 2 rings (SSSR count). The Hall–Kier alpha value is -0.0800. The summed E-state index contributed by atoms with van der Waals surface area (Å²) in [5.41, 5.74) is 0.591. The lowest BCUT2D eigenvalue weighted by atomic mass is 9.62. The molecule has 2 saturated heterocycles. The first-order valence-electron chi connectivity index (χ1n) is 7.98. The fraction of sp³-hybridized carbons (Fsp3) is 1.00. The van der Waals surface area contributed by atoms with Crippen LogP contribution in [0.2, 0.25) is 0 Å². The first-order chi connectivity index (χ1) is 8.66. The second-order valence-corrected chi connectivity index (χ2v) is 6.88. The molecular formula is C16H31NO. The molecule has 0 radical (unpaired) electrons. The van der Waals surface area contributed by atoms with E-state index >= 15 is 0 Å². The van der Waals surface area contributed by atoms with Crippen LogP contribution in [0.25, 0.3) is 0 Å². The molecule has 2 heterocycles. The lowest BCUT2D eigenvalue weighted by Gasteiger charge is -2.50. The van der Waals surface area contributed by atoms with Crippen LogP contribution in [0.3, 0.4) is 0 Å². The SMILES string of the molecule is CCCC1CC2(CCNCC2CC(C)C)CCO1. The van der Waals surface area contributed by atoms with Crippen LogP contribution in [-0.2, 0) is 4.74 Å². The van der Waals surface area contributed by atoms with E-state index in [1.54, 1.807) is 0 Å². The zero-order valence-corrected chi connectivity index (χ0v) is 12.5. The number of nitrogens with one attached hydrogen (secondary N) is 1. The molecule has 3 unspecified atom stereocenters. The quantitative estimate of drug-likeness (QED) is 0.826. The largest absolute Gasteiger partial charge is 0.378 e. The smallest absolute Gasteiger partial charge is 0.0580 e. The molecule has 106 valence electrons. The summed E-state index contributed by atoms with van der Waals surface area (Å²) in [6.07, 6.45) is 8.42. The van der Waals surface area contributed by atoms with Gasteiger partial charge >= 0.3 is 0 Å². The fourth-order valence-corrected chi connectivity index (χ4v) is 4.09. The van der Waals surface area contributed by atoms with E-state index in [1.807, 2.05) is 0 Å². The Kier molecular flexibility index (Phi) is 5.08. The summed E-state index contributed by atoms with van der Waals surface area (Å²) in [6, 6.07) is 0. The van der Waals surface area contributed by atoms with Gasteiger partial charge in [-0.2, -0.15) is 0 Å². The summed E-state index contributed by atoms with van der Waals surface area (Å²) in [5, 5.41) is 3.62. The van der Waals surface area contributed by atoms with Crippen molar-refractivity contribution in [3.63, 3.8) is 0 Å². The molecule has 0 aliphatic carbocycles. The monoisotopic (exact) mass is 253 g/mol. The van der Waals surface area contributed by atoms with E-state index in [9.17, 15) is 0 Å². The molecule has 0 aromatic heterocycles. The molecule has 0 bridgehead atoms. The number of hydrogen-bond acceptors (Lipinski definition) is 2. The third-order valence-corrected chi connectivity index (χ3v) is 5.01. The zero-order chi connectivity index (χ0) is 13.0. The molecule has 0 amide bonds. The molecule has 2 aliphatic rings. The Labute approximate surface area is 113 Å². The molecule has 2 fully saturated rings. The highest BCUT2D eigenvalue weighted by molar-refractivity contribution is 4.95. The molecule has 3 atom stereocenters. The van der Waals surface area contributed by atoms with E-state index in [2.05, 4.69) is 26.1 Å². The normalized spacial score (nSPS) is 37.3. The average Bonchev–Trinajstić information content (AvgIpc) is 2.33. The van der Waals surface area contributed by atoms with Crippen LogP contribution >= 0.6 is 0 Å². The highest BCUT2D eigenvalue weighted by atomic mass is 16.5. The van der Waals surface area contributed by atoms with Gasteiger partial charge in [0.15, 0.2) is 0 Å². The summed E-state index contributed by atoms with van der Waals surface area (Å²) in [7, 11) is 0. The highest BCUT2D eigenvalue weighted by Gasteiger charge is 2.44. The van der Waals surface area contributed by atoms with Crippen molar-refractivity contribution < 1.29 is 4.74 Å². The average molecular weight is 253 g/mol. The van der Waals surface area contributed by atoms with E-state index in [0.29, 0.717) is 11.5 Å². The topological polar surface area (TPSA) is 21.3 Å². The molecule has 18 heavy (non-hydrogen) atoms. The van der Waals surface area contributed by atoms with Gasteiger partial charge in [-0.25, -0.2) is 0 Å². The Morgan fingerprint density at radius 3 is 2.89 bits per heavy atom. The standard InChI is InChI=1S/C16H31NO/c1-4-5-15-11-16(7-9-18-15)6-8-17-12-14(16)10-13(2)3/h13-15,17H,4-12H2,1-3H3. The van der Waals surface area contributed by atoms with Crippen molar-refractivity contribution in [2.45, 2.75) is 65.4 Å². The molecule has 2 heteroatoms. The summed E-state index contributed by atoms with van der Waals surface area (Å²) in [4.78, 5) is 0. The molecule has 2 nitrogen and oxygen atoms in total. The third kappa shape index (κ3) is 3.27. The number of piperidine rings is 1. The van der Waals surface area contributed by atoms with E-state index in [4.69, 9.17) is 4.74 Å². The van der Waals surface area contributed by atoms with Crippen molar-refractivity contribution in [2.24, 2.45) is 17.3 Å². The van der Waals surface area contributed by atoms with Crippen LogP contribution in [0.15, 0.2) is 0 Å². The maximum absolute atomic E-state index is 5.98. The van der Waals surface area contributed by atoms with Gasteiger partial charge in [-0.15, -0.1) is 0 Å². The minimum Gasteiger partial charge on any atom is -0.378 e. The predicted octanol–water partition coefficient (Wildman–Crippen LogP) is 3.61. The van der Waals surface area contributed by atoms with Crippen LogP contribution in [0, 0.1) is 17.3 Å². The molecule has 0 aromatic rings. The maximum atomic E-state index is 5.98. The van der Waals surface area contributed by atoms with Crippen LogP contribution in [0.4, 0.5) is 0 Å². The van der Waals surface area contributed by atoms with Crippen LogP contribution < -0.4 is 5.32 Å². The summed E-state index contributed by atoms with van der Waals surface area (Å²) < 4.78 is 5.98. The first kappa shape index (κ1) is 14.3. The van der Waals surface area contributed by atoms with Gasteiger partial charge in [0.2, 0.25) is 0 Å². The van der Waals surface area contributed by atoms with E-state index < -0.39 is 0 Å². The van der Waals surface area contributed by atoms with Crippen LogP contribution in [-0.4, -0.2) is 25.8 Å². The Morgan fingerprint density at radius 1 is 1.33 bits per heavy atom. The van der Waals surface area contributed by atoms with Gasteiger partial charge in [0.1, 0.15) is 0 Å². The van der Waals surface area contributed by atoms with Gasteiger partial charge in [0.25, 0.3) is 0 Å². The Bertz CT molecular complexity index is 247. The lowest BCUT2D eigenvalue weighted by molar-refractivity contribution is -0.0886. The van der Waals surface area contributed by atoms with Gasteiger partial charge in [-0.05, 0) is 62.4 Å². The molecule has 2 aliphatic heterocycles. The van der Waals surface area contributed by atoms with Crippen molar-refractivity contribution >= 4 is 0 Å². The predicted molar refractivity (Wildman–Crippen MR) is 76.7 cm³/mol. The Morgan fingerprint density at radius 2 is 2.17 bits per heavy atom. The minimum absolute atomic E-state index is 0.538. The summed E-state index contributed by atoms with van der Waals surface area (Å²) in [6.45, 7) is 10.5. The molecule has 1 N–H and O–H groups in total. The van der Waals surface area contributed by atoms with Crippen LogP contribution in [0.1, 0.15) is 59.3 Å². The third-order valence-electron chi connectivity index (χ3n) is 5.01. The minimum atomic E-state index is 0.538. The zero-order valence-electron chi connectivity index (χ0n) is 12.5. The van der Waals surface area contributed by atoms with Crippen molar-refractivity contribution in [3.05, 3.63) is 0 Å².